The third kappa shape index (κ3) is 5.62. The Morgan fingerprint density at radius 2 is 1.18 bits per heavy atom. The summed E-state index contributed by atoms with van der Waals surface area (Å²) in [4.78, 5) is 23.9. The average Bonchev–Trinajstić information content (AvgIpc) is 3.20. The van der Waals surface area contributed by atoms with Crippen molar-refractivity contribution in [1.82, 2.24) is 19.9 Å². The van der Waals surface area contributed by atoms with Crippen LogP contribution < -0.4 is 31.0 Å². The predicted molar refractivity (Wildman–Crippen MR) is 222 cm³/mol. The molecule has 0 amide bonds. The molecule has 2 fully saturated rings. The number of aromatic nitrogens is 4. The summed E-state index contributed by atoms with van der Waals surface area (Å²) in [7, 11) is 1.45. The summed E-state index contributed by atoms with van der Waals surface area (Å²) in [5.74, 6) is 0. The first kappa shape index (κ1) is 32.9. The summed E-state index contributed by atoms with van der Waals surface area (Å²) in [6.07, 6.45) is 20.3. The SMILES string of the molecule is CN1c2ccccc2P(C2CCCCC2)c2cc3ncncc3cc2N(C)c2cc3cncnc3cc2[PH](C)(C2CCCCC2)c2ccccc21. The molecule has 1 atom stereocenters. The van der Waals surface area contributed by atoms with Gasteiger partial charge >= 0.3 is 305 Å². The summed E-state index contributed by atoms with van der Waals surface area (Å²) in [6, 6.07) is 28.5. The molecule has 2 saturated carbocycles. The number of fused-ring (bicyclic) bond motifs is 6. The average molecular weight is 711 g/mol. The molecular formula is C43H48N6P2. The van der Waals surface area contributed by atoms with Crippen LogP contribution in [0.2, 0.25) is 0 Å². The van der Waals surface area contributed by atoms with E-state index in [-0.39, 0.29) is 0 Å². The molecule has 6 nitrogen and oxygen atoms in total. The standard InChI is InChI=1S/C43H48N6P2/c1-48-36-18-10-12-20-40(36)50(32-14-6-4-7-15-32)41-24-34-30(26-44-28-46-34)22-38(41)49(2)39-23-31-27-45-29-47-35(31)25-43(39)51(3,33-16-8-5-9-17-33)42-21-13-11-19-37(42)48/h10-13,18-29,32-33,51H,4-9,14-17H2,1-3H3. The topological polar surface area (TPSA) is 58.0 Å². The fraction of sp³-hybridized carbons (Fsp3) is 0.349. The molecular weight excluding hydrogens is 662 g/mol. The van der Waals surface area contributed by atoms with E-state index < -0.39 is 15.2 Å². The van der Waals surface area contributed by atoms with Crippen molar-refractivity contribution in [3.05, 3.63) is 97.8 Å². The minimum absolute atomic E-state index is 0.597. The predicted octanol–water partition coefficient (Wildman–Crippen LogP) is 8.85. The van der Waals surface area contributed by atoms with Crippen LogP contribution in [-0.2, 0) is 0 Å². The second kappa shape index (κ2) is 13.5. The van der Waals surface area contributed by atoms with Crippen LogP contribution in [0.4, 0.5) is 22.7 Å². The van der Waals surface area contributed by atoms with Crippen LogP contribution in [0.1, 0.15) is 64.2 Å². The van der Waals surface area contributed by atoms with Gasteiger partial charge in [0, 0.05) is 0 Å². The zero-order valence-electron chi connectivity index (χ0n) is 30.1. The Bertz CT molecular complexity index is 2230. The van der Waals surface area contributed by atoms with Gasteiger partial charge in [-0.15, -0.1) is 0 Å². The molecule has 0 radical (unpaired) electrons. The molecule has 4 aromatic carbocycles. The van der Waals surface area contributed by atoms with Gasteiger partial charge in [-0.1, -0.05) is 0 Å². The van der Waals surface area contributed by atoms with E-state index in [1.807, 2.05) is 12.4 Å². The number of rotatable bonds is 2. The molecule has 3 aliphatic rings. The van der Waals surface area contributed by atoms with E-state index >= 15 is 0 Å². The van der Waals surface area contributed by atoms with Crippen molar-refractivity contribution in [2.75, 3.05) is 30.6 Å². The normalized spacial score (nSPS) is 20.4. The molecule has 0 bridgehead atoms. The van der Waals surface area contributed by atoms with Crippen molar-refractivity contribution in [2.45, 2.75) is 75.5 Å². The number of anilines is 4. The van der Waals surface area contributed by atoms with E-state index in [9.17, 15) is 0 Å². The zero-order chi connectivity index (χ0) is 34.5. The fourth-order valence-electron chi connectivity index (χ4n) is 9.72. The van der Waals surface area contributed by atoms with Gasteiger partial charge in [-0.3, -0.25) is 0 Å². The Morgan fingerprint density at radius 3 is 1.90 bits per heavy atom. The Labute approximate surface area is 303 Å². The molecule has 0 N–H and O–H groups in total. The first-order valence-corrected chi connectivity index (χ1v) is 22.9. The fourth-order valence-corrected chi connectivity index (χ4v) is 18.3. The third-order valence-electron chi connectivity index (χ3n) is 12.5. The van der Waals surface area contributed by atoms with Crippen molar-refractivity contribution in [1.29, 1.82) is 0 Å². The molecule has 51 heavy (non-hydrogen) atoms. The molecule has 6 aromatic rings. The first-order valence-electron chi connectivity index (χ1n) is 19.0. The van der Waals surface area contributed by atoms with Gasteiger partial charge in [0.15, 0.2) is 0 Å². The van der Waals surface area contributed by atoms with E-state index in [0.717, 1.165) is 21.8 Å². The van der Waals surface area contributed by atoms with Crippen LogP contribution in [0, 0.1) is 0 Å². The Hall–Kier alpha value is -3.98. The van der Waals surface area contributed by atoms with E-state index in [1.165, 1.54) is 108 Å². The van der Waals surface area contributed by atoms with Crippen LogP contribution in [0.5, 0.6) is 0 Å². The van der Waals surface area contributed by atoms with E-state index in [4.69, 9.17) is 9.97 Å². The Balaban J connectivity index is 1.43. The van der Waals surface area contributed by atoms with E-state index in [1.54, 1.807) is 12.7 Å². The summed E-state index contributed by atoms with van der Waals surface area (Å²) in [5.41, 5.74) is 8.53. The molecule has 0 saturated heterocycles. The van der Waals surface area contributed by atoms with E-state index in [0.29, 0.717) is 11.3 Å². The van der Waals surface area contributed by atoms with Crippen LogP contribution >= 0.6 is 15.2 Å². The van der Waals surface area contributed by atoms with E-state index in [2.05, 4.69) is 113 Å². The van der Waals surface area contributed by atoms with Gasteiger partial charge in [-0.25, -0.2) is 0 Å². The molecule has 9 rings (SSSR count). The molecule has 1 aliphatic heterocycles. The molecule has 2 aliphatic carbocycles. The summed E-state index contributed by atoms with van der Waals surface area (Å²) < 4.78 is 0. The zero-order valence-corrected chi connectivity index (χ0v) is 32.0. The van der Waals surface area contributed by atoms with Crippen LogP contribution in [0.15, 0.2) is 97.8 Å². The van der Waals surface area contributed by atoms with Gasteiger partial charge in [0.2, 0.25) is 0 Å². The molecule has 0 spiro atoms. The van der Waals surface area contributed by atoms with Crippen molar-refractivity contribution < 1.29 is 0 Å². The van der Waals surface area contributed by atoms with Gasteiger partial charge in [0.1, 0.15) is 0 Å². The second-order valence-corrected chi connectivity index (χ2v) is 21.9. The molecule has 8 heteroatoms. The van der Waals surface area contributed by atoms with Crippen molar-refractivity contribution in [3.63, 3.8) is 0 Å². The van der Waals surface area contributed by atoms with Gasteiger partial charge in [-0.2, -0.15) is 0 Å². The maximum atomic E-state index is 4.88. The molecule has 260 valence electrons. The number of para-hydroxylation sites is 2. The number of hydrogen-bond acceptors (Lipinski definition) is 6. The minimum atomic E-state index is -2.46. The summed E-state index contributed by atoms with van der Waals surface area (Å²) >= 11 is 0. The number of nitrogens with zero attached hydrogens (tertiary/aromatic N) is 6. The van der Waals surface area contributed by atoms with Crippen molar-refractivity contribution in [3.8, 4) is 0 Å². The Morgan fingerprint density at radius 1 is 0.588 bits per heavy atom. The van der Waals surface area contributed by atoms with Crippen molar-refractivity contribution in [2.24, 2.45) is 0 Å². The van der Waals surface area contributed by atoms with Gasteiger partial charge in [0.05, 0.1) is 0 Å². The van der Waals surface area contributed by atoms with Gasteiger partial charge in [-0.05, 0) is 0 Å². The first-order chi connectivity index (χ1) is 25.0. The van der Waals surface area contributed by atoms with Crippen LogP contribution in [0.3, 0.4) is 0 Å². The van der Waals surface area contributed by atoms with Gasteiger partial charge < -0.3 is 0 Å². The second-order valence-electron chi connectivity index (χ2n) is 15.2. The monoisotopic (exact) mass is 710 g/mol. The van der Waals surface area contributed by atoms with Crippen molar-refractivity contribution >= 4 is 81.0 Å². The third-order valence-corrected chi connectivity index (χ3v) is 20.7. The van der Waals surface area contributed by atoms with Crippen LogP contribution in [-0.4, -0.2) is 52.0 Å². The number of hydrogen-bond donors (Lipinski definition) is 0. The molecule has 1 unspecified atom stereocenters. The maximum absolute atomic E-state index is 4.88. The van der Waals surface area contributed by atoms with Crippen LogP contribution in [0.25, 0.3) is 21.8 Å². The quantitative estimate of drug-likeness (QED) is 0.168. The molecule has 2 aromatic heterocycles. The summed E-state index contributed by atoms with van der Waals surface area (Å²) in [6.45, 7) is 2.68. The molecule has 3 heterocycles. The van der Waals surface area contributed by atoms with Gasteiger partial charge in [0.25, 0.3) is 0 Å². The number of benzene rings is 4. The Kier molecular flexibility index (Phi) is 8.73. The summed E-state index contributed by atoms with van der Waals surface area (Å²) in [5, 5.41) is 8.10.